The Bertz CT molecular complexity index is 1340. The van der Waals surface area contributed by atoms with Gasteiger partial charge < -0.3 is 4.42 Å². The lowest BCUT2D eigenvalue weighted by Crippen LogP contribution is -2.14. The van der Waals surface area contributed by atoms with Gasteiger partial charge in [-0.2, -0.15) is 0 Å². The minimum atomic E-state index is -3.74. The summed E-state index contributed by atoms with van der Waals surface area (Å²) in [6.07, 6.45) is 0. The number of benzene rings is 2. The molecule has 0 saturated carbocycles. The molecular formula is C20H19N3O4S2. The molecule has 0 amide bonds. The lowest BCUT2D eigenvalue weighted by molar-refractivity contribution is 0.555. The number of hydrogen-bond donors (Lipinski definition) is 2. The average molecular weight is 430 g/mol. The molecule has 7 nitrogen and oxygen atoms in total. The van der Waals surface area contributed by atoms with Crippen molar-refractivity contribution < 1.29 is 12.8 Å². The Kier molecular flexibility index (Phi) is 4.59. The van der Waals surface area contributed by atoms with Crippen molar-refractivity contribution in [1.29, 1.82) is 0 Å². The van der Waals surface area contributed by atoms with Crippen LogP contribution >= 0.6 is 11.3 Å². The summed E-state index contributed by atoms with van der Waals surface area (Å²) in [6, 6.07) is 12.0. The molecule has 2 aromatic carbocycles. The van der Waals surface area contributed by atoms with Crippen LogP contribution < -0.4 is 10.5 Å². The van der Waals surface area contributed by atoms with Gasteiger partial charge in [0.1, 0.15) is 0 Å². The van der Waals surface area contributed by atoms with Gasteiger partial charge in [-0.3, -0.25) is 9.71 Å². The largest absolute Gasteiger partial charge is 0.417 e. The van der Waals surface area contributed by atoms with Crippen molar-refractivity contribution in [3.8, 4) is 11.3 Å². The molecule has 0 saturated heterocycles. The van der Waals surface area contributed by atoms with Crippen LogP contribution in [0.5, 0.6) is 0 Å². The van der Waals surface area contributed by atoms with E-state index < -0.39 is 15.8 Å². The Labute approximate surface area is 171 Å². The maximum Gasteiger partial charge on any atom is 0.417 e. The molecule has 2 heterocycles. The third-order valence-electron chi connectivity index (χ3n) is 4.47. The molecule has 0 fully saturated rings. The predicted octanol–water partition coefficient (Wildman–Crippen LogP) is 4.34. The van der Waals surface area contributed by atoms with Gasteiger partial charge in [0.2, 0.25) is 0 Å². The summed E-state index contributed by atoms with van der Waals surface area (Å²) in [7, 11) is -3.74. The maximum atomic E-state index is 12.7. The summed E-state index contributed by atoms with van der Waals surface area (Å²) in [5.74, 6) is -0.527. The maximum absolute atomic E-state index is 12.7. The van der Waals surface area contributed by atoms with E-state index in [9.17, 15) is 13.2 Å². The van der Waals surface area contributed by atoms with Gasteiger partial charge in [-0.25, -0.2) is 18.2 Å². The first-order valence-electron chi connectivity index (χ1n) is 8.84. The number of H-pyrrole nitrogens is 1. The molecule has 4 rings (SSSR count). The molecule has 0 aliphatic rings. The third-order valence-corrected chi connectivity index (χ3v) is 6.72. The molecule has 0 bridgehead atoms. The number of oxazole rings is 1. The van der Waals surface area contributed by atoms with E-state index in [1.807, 2.05) is 12.1 Å². The number of aromatic amines is 1. The number of hydrogen-bond acceptors (Lipinski definition) is 6. The number of nitrogens with zero attached hydrogens (tertiary/aromatic N) is 1. The van der Waals surface area contributed by atoms with Crippen LogP contribution in [0.3, 0.4) is 0 Å². The molecule has 2 aromatic heterocycles. The second kappa shape index (κ2) is 6.85. The van der Waals surface area contributed by atoms with E-state index in [4.69, 9.17) is 4.42 Å². The van der Waals surface area contributed by atoms with Crippen molar-refractivity contribution >= 4 is 37.6 Å². The summed E-state index contributed by atoms with van der Waals surface area (Å²) < 4.78 is 33.0. The number of fused-ring (bicyclic) bond motifs is 1. The van der Waals surface area contributed by atoms with E-state index in [1.165, 1.54) is 11.3 Å². The van der Waals surface area contributed by atoms with Crippen LogP contribution in [0.1, 0.15) is 26.3 Å². The smallest absolute Gasteiger partial charge is 0.408 e. The van der Waals surface area contributed by atoms with Crippen molar-refractivity contribution in [2.45, 2.75) is 31.1 Å². The molecule has 0 unspecified atom stereocenters. The SMILES string of the molecule is CC(C)(C)c1ccc(S(=O)(=O)Nc2nc(-c3ccc4[nH]c(=O)oc4c3)cs2)cc1. The quantitative estimate of drug-likeness (QED) is 0.502. The van der Waals surface area contributed by atoms with Gasteiger partial charge in [-0.05, 0) is 35.2 Å². The number of aromatic nitrogens is 2. The Hall–Kier alpha value is -2.91. The Balaban J connectivity index is 1.58. The second-order valence-corrected chi connectivity index (χ2v) is 10.2. The first-order chi connectivity index (χ1) is 13.6. The molecule has 0 spiro atoms. The van der Waals surface area contributed by atoms with Crippen LogP contribution in [0.25, 0.3) is 22.4 Å². The Morgan fingerprint density at radius 2 is 1.83 bits per heavy atom. The summed E-state index contributed by atoms with van der Waals surface area (Å²) in [6.45, 7) is 6.21. The third kappa shape index (κ3) is 3.96. The van der Waals surface area contributed by atoms with Gasteiger partial charge in [-0.15, -0.1) is 11.3 Å². The highest BCUT2D eigenvalue weighted by molar-refractivity contribution is 7.93. The van der Waals surface area contributed by atoms with E-state index in [2.05, 4.69) is 35.5 Å². The normalized spacial score (nSPS) is 12.4. The van der Waals surface area contributed by atoms with Crippen LogP contribution in [0.2, 0.25) is 0 Å². The first-order valence-corrected chi connectivity index (χ1v) is 11.2. The number of anilines is 1. The summed E-state index contributed by atoms with van der Waals surface area (Å²) in [5.41, 5.74) is 3.31. The minimum absolute atomic E-state index is 0.0559. The van der Waals surface area contributed by atoms with Crippen molar-refractivity contribution in [2.24, 2.45) is 0 Å². The van der Waals surface area contributed by atoms with Crippen LogP contribution in [0.15, 0.2) is 62.0 Å². The van der Waals surface area contributed by atoms with Crippen LogP contribution in [-0.2, 0) is 15.4 Å². The van der Waals surface area contributed by atoms with Crippen LogP contribution in [-0.4, -0.2) is 18.4 Å². The molecule has 29 heavy (non-hydrogen) atoms. The van der Waals surface area contributed by atoms with Gasteiger partial charge >= 0.3 is 5.76 Å². The van der Waals surface area contributed by atoms with Gasteiger partial charge in [0.15, 0.2) is 10.7 Å². The fraction of sp³-hybridized carbons (Fsp3) is 0.200. The van der Waals surface area contributed by atoms with Crippen molar-refractivity contribution in [3.63, 3.8) is 0 Å². The van der Waals surface area contributed by atoms with Crippen molar-refractivity contribution in [3.05, 3.63) is 64.0 Å². The topological polar surface area (TPSA) is 105 Å². The van der Waals surface area contributed by atoms with E-state index >= 15 is 0 Å². The monoisotopic (exact) mass is 429 g/mol. The van der Waals surface area contributed by atoms with Crippen molar-refractivity contribution in [1.82, 2.24) is 9.97 Å². The second-order valence-electron chi connectivity index (χ2n) is 7.64. The van der Waals surface area contributed by atoms with E-state index in [0.717, 1.165) is 11.1 Å². The molecule has 150 valence electrons. The fourth-order valence-corrected chi connectivity index (χ4v) is 4.84. The van der Waals surface area contributed by atoms with Gasteiger partial charge in [0.25, 0.3) is 10.0 Å². The zero-order valence-corrected chi connectivity index (χ0v) is 17.6. The Morgan fingerprint density at radius 1 is 1.10 bits per heavy atom. The fourth-order valence-electron chi connectivity index (χ4n) is 2.87. The lowest BCUT2D eigenvalue weighted by atomic mass is 9.87. The number of sulfonamides is 1. The summed E-state index contributed by atoms with van der Waals surface area (Å²) in [4.78, 5) is 18.4. The van der Waals surface area contributed by atoms with Gasteiger partial charge in [0.05, 0.1) is 16.1 Å². The number of nitrogens with one attached hydrogen (secondary N) is 2. The van der Waals surface area contributed by atoms with Gasteiger partial charge in [0, 0.05) is 10.9 Å². The highest BCUT2D eigenvalue weighted by atomic mass is 32.2. The van der Waals surface area contributed by atoms with Gasteiger partial charge in [-0.1, -0.05) is 39.0 Å². The summed E-state index contributed by atoms with van der Waals surface area (Å²) in [5, 5.41) is 2.00. The van der Waals surface area contributed by atoms with Crippen LogP contribution in [0, 0.1) is 0 Å². The summed E-state index contributed by atoms with van der Waals surface area (Å²) >= 11 is 1.18. The highest BCUT2D eigenvalue weighted by Crippen LogP contribution is 2.29. The molecule has 9 heteroatoms. The molecule has 0 aliphatic carbocycles. The highest BCUT2D eigenvalue weighted by Gasteiger charge is 2.19. The zero-order valence-electron chi connectivity index (χ0n) is 16.0. The first kappa shape index (κ1) is 19.4. The van der Waals surface area contributed by atoms with E-state index in [0.29, 0.717) is 16.8 Å². The average Bonchev–Trinajstić information content (AvgIpc) is 3.25. The molecule has 2 N–H and O–H groups in total. The molecule has 0 aliphatic heterocycles. The number of rotatable bonds is 4. The zero-order chi connectivity index (χ0) is 20.8. The molecular weight excluding hydrogens is 410 g/mol. The number of thiazole rings is 1. The lowest BCUT2D eigenvalue weighted by Gasteiger charge is -2.19. The van der Waals surface area contributed by atoms with E-state index in [-0.39, 0.29) is 15.4 Å². The van der Waals surface area contributed by atoms with Crippen LogP contribution in [0.4, 0.5) is 5.13 Å². The molecule has 0 radical (unpaired) electrons. The Morgan fingerprint density at radius 3 is 2.52 bits per heavy atom. The molecule has 4 aromatic rings. The van der Waals surface area contributed by atoms with Crippen molar-refractivity contribution in [2.75, 3.05) is 4.72 Å². The predicted molar refractivity (Wildman–Crippen MR) is 114 cm³/mol. The minimum Gasteiger partial charge on any atom is -0.408 e. The van der Waals surface area contributed by atoms with E-state index in [1.54, 1.807) is 35.7 Å². The standard InChI is InChI=1S/C20H19N3O4S2/c1-20(2,3)13-5-7-14(8-6-13)29(25,26)23-18-21-16(11-28-18)12-4-9-15-17(10-12)27-19(24)22-15/h4-11H,1-3H3,(H,21,23)(H,22,24). The molecule has 0 atom stereocenters.